The van der Waals surface area contributed by atoms with Crippen molar-refractivity contribution in [2.24, 2.45) is 0 Å². The first-order valence-electron chi connectivity index (χ1n) is 6.37. The first kappa shape index (κ1) is 13.7. The van der Waals surface area contributed by atoms with Crippen LogP contribution < -0.4 is 10.6 Å². The Bertz CT molecular complexity index is 562. The summed E-state index contributed by atoms with van der Waals surface area (Å²) in [5, 5.41) is 4.59. The van der Waals surface area contributed by atoms with Crippen LogP contribution in [-0.4, -0.2) is 54.4 Å². The number of hydrogen-bond donors (Lipinski definition) is 1. The molecule has 1 aliphatic rings. The SMILES string of the molecule is C[N+]1(C)CCN(c2nn3ccccc3c2N)CC1.[CH3-]. The number of piperazine rings is 1. The Morgan fingerprint density at radius 1 is 1.21 bits per heavy atom. The van der Waals surface area contributed by atoms with Gasteiger partial charge in [-0.25, -0.2) is 4.52 Å². The summed E-state index contributed by atoms with van der Waals surface area (Å²) < 4.78 is 2.93. The number of likely N-dealkylation sites (N-methyl/N-ethyl adjacent to an activating group) is 1. The van der Waals surface area contributed by atoms with Gasteiger partial charge in [-0.05, 0) is 12.1 Å². The van der Waals surface area contributed by atoms with Crippen LogP contribution >= 0.6 is 0 Å². The Labute approximate surface area is 114 Å². The number of rotatable bonds is 1. The first-order chi connectivity index (χ1) is 8.57. The zero-order valence-electron chi connectivity index (χ0n) is 12.0. The van der Waals surface area contributed by atoms with Crippen molar-refractivity contribution in [2.45, 2.75) is 0 Å². The first-order valence-corrected chi connectivity index (χ1v) is 6.37. The number of aromatic nitrogens is 2. The lowest BCUT2D eigenvalue weighted by Crippen LogP contribution is -2.55. The van der Waals surface area contributed by atoms with Gasteiger partial charge >= 0.3 is 0 Å². The average molecular weight is 261 g/mol. The largest absolute Gasteiger partial charge is 0.394 e. The van der Waals surface area contributed by atoms with E-state index in [0.717, 1.165) is 47.7 Å². The van der Waals surface area contributed by atoms with E-state index in [2.05, 4.69) is 24.1 Å². The number of quaternary nitrogens is 1. The maximum absolute atomic E-state index is 6.21. The lowest BCUT2D eigenvalue weighted by molar-refractivity contribution is -0.890. The fourth-order valence-electron chi connectivity index (χ4n) is 2.46. The molecule has 2 aromatic rings. The molecule has 0 aliphatic carbocycles. The second-order valence-electron chi connectivity index (χ2n) is 5.64. The zero-order chi connectivity index (χ0) is 12.8. The van der Waals surface area contributed by atoms with Gasteiger partial charge in [0.2, 0.25) is 0 Å². The summed E-state index contributed by atoms with van der Waals surface area (Å²) in [6.07, 6.45) is 1.94. The molecule has 3 heterocycles. The fourth-order valence-corrected chi connectivity index (χ4v) is 2.46. The second kappa shape index (κ2) is 4.74. The van der Waals surface area contributed by atoms with Gasteiger partial charge in [0.15, 0.2) is 5.82 Å². The van der Waals surface area contributed by atoms with Crippen molar-refractivity contribution in [3.8, 4) is 0 Å². The highest BCUT2D eigenvalue weighted by molar-refractivity contribution is 5.81. The van der Waals surface area contributed by atoms with Crippen molar-refractivity contribution in [1.29, 1.82) is 0 Å². The van der Waals surface area contributed by atoms with Crippen molar-refractivity contribution in [3.63, 3.8) is 0 Å². The molecule has 0 radical (unpaired) electrons. The highest BCUT2D eigenvalue weighted by Crippen LogP contribution is 2.27. The van der Waals surface area contributed by atoms with Crippen LogP contribution in [0.4, 0.5) is 11.5 Å². The minimum Gasteiger partial charge on any atom is -0.394 e. The normalized spacial score (nSPS) is 18.3. The van der Waals surface area contributed by atoms with E-state index in [0.29, 0.717) is 0 Å². The van der Waals surface area contributed by atoms with Gasteiger partial charge in [0.05, 0.1) is 45.8 Å². The van der Waals surface area contributed by atoms with Gasteiger partial charge in [-0.15, -0.1) is 5.10 Å². The summed E-state index contributed by atoms with van der Waals surface area (Å²) in [4.78, 5) is 2.30. The number of nitrogen functional groups attached to an aromatic ring is 1. The van der Waals surface area contributed by atoms with Crippen molar-refractivity contribution >= 4 is 17.0 Å². The molecule has 1 fully saturated rings. The highest BCUT2D eigenvalue weighted by atomic mass is 15.4. The van der Waals surface area contributed by atoms with E-state index in [1.54, 1.807) is 0 Å². The van der Waals surface area contributed by atoms with Crippen LogP contribution in [0.2, 0.25) is 0 Å². The van der Waals surface area contributed by atoms with Crippen molar-refractivity contribution in [3.05, 3.63) is 31.8 Å². The van der Waals surface area contributed by atoms with Crippen molar-refractivity contribution in [1.82, 2.24) is 9.61 Å². The number of anilines is 2. The Morgan fingerprint density at radius 2 is 1.89 bits per heavy atom. The molecule has 1 saturated heterocycles. The molecule has 0 unspecified atom stereocenters. The van der Waals surface area contributed by atoms with Gasteiger partial charge in [-0.1, -0.05) is 6.07 Å². The van der Waals surface area contributed by atoms with E-state index in [4.69, 9.17) is 5.73 Å². The number of pyridine rings is 1. The van der Waals surface area contributed by atoms with Gasteiger partial charge in [0, 0.05) is 6.20 Å². The highest BCUT2D eigenvalue weighted by Gasteiger charge is 2.27. The van der Waals surface area contributed by atoms with E-state index in [9.17, 15) is 0 Å². The summed E-state index contributed by atoms with van der Waals surface area (Å²) in [5.41, 5.74) is 7.99. The smallest absolute Gasteiger partial charge is 0.175 e. The van der Waals surface area contributed by atoms with Crippen molar-refractivity contribution < 1.29 is 4.48 Å². The summed E-state index contributed by atoms with van der Waals surface area (Å²) >= 11 is 0. The van der Waals surface area contributed by atoms with Crippen LogP contribution in [0.15, 0.2) is 24.4 Å². The molecule has 104 valence electrons. The molecule has 5 nitrogen and oxygen atoms in total. The summed E-state index contributed by atoms with van der Waals surface area (Å²) in [6.45, 7) is 4.29. The second-order valence-corrected chi connectivity index (χ2v) is 5.64. The molecule has 19 heavy (non-hydrogen) atoms. The Hall–Kier alpha value is -1.75. The van der Waals surface area contributed by atoms with E-state index < -0.39 is 0 Å². The van der Waals surface area contributed by atoms with Gasteiger partial charge in [0.25, 0.3) is 0 Å². The quantitative estimate of drug-likeness (QED) is 0.621. The molecule has 2 aromatic heterocycles. The van der Waals surface area contributed by atoms with Crippen LogP contribution in [-0.2, 0) is 0 Å². The maximum atomic E-state index is 6.21. The lowest BCUT2D eigenvalue weighted by atomic mass is 10.2. The predicted octanol–water partition coefficient (Wildman–Crippen LogP) is 1.26. The van der Waals surface area contributed by atoms with E-state index in [-0.39, 0.29) is 7.43 Å². The molecule has 1 aliphatic heterocycles. The Kier molecular flexibility index (Phi) is 3.41. The number of hydrogen-bond acceptors (Lipinski definition) is 3. The average Bonchev–Trinajstić information content (AvgIpc) is 2.68. The zero-order valence-corrected chi connectivity index (χ0v) is 12.0. The minimum atomic E-state index is 0. The molecular formula is C14H23N5. The van der Waals surface area contributed by atoms with Crippen LogP contribution in [0, 0.1) is 7.43 Å². The molecule has 0 bridgehead atoms. The Morgan fingerprint density at radius 3 is 2.53 bits per heavy atom. The summed E-state index contributed by atoms with van der Waals surface area (Å²) in [5.74, 6) is 0.931. The van der Waals surface area contributed by atoms with Crippen LogP contribution in [0.1, 0.15) is 0 Å². The molecule has 0 amide bonds. The standard InChI is InChI=1S/C13H20N5.CH3/c1-18(2)9-7-16(8-10-18)13-12(14)11-5-3-4-6-17(11)15-13;/h3-6H,7-10,14H2,1-2H3;1H3/q+1;-1. The maximum Gasteiger partial charge on any atom is 0.175 e. The van der Waals surface area contributed by atoms with Crippen LogP contribution in [0.5, 0.6) is 0 Å². The molecule has 3 rings (SSSR count). The molecule has 0 spiro atoms. The fraction of sp³-hybridized carbons (Fsp3) is 0.429. The van der Waals surface area contributed by atoms with Gasteiger partial charge < -0.3 is 22.5 Å². The van der Waals surface area contributed by atoms with Crippen LogP contribution in [0.25, 0.3) is 5.52 Å². The molecule has 2 N–H and O–H groups in total. The topological polar surface area (TPSA) is 46.6 Å². The summed E-state index contributed by atoms with van der Waals surface area (Å²) in [7, 11) is 4.54. The summed E-state index contributed by atoms with van der Waals surface area (Å²) in [6, 6.07) is 5.97. The number of fused-ring (bicyclic) bond motifs is 1. The molecule has 0 saturated carbocycles. The number of nitrogens with zero attached hydrogens (tertiary/aromatic N) is 4. The third-order valence-corrected chi connectivity index (χ3v) is 3.81. The van der Waals surface area contributed by atoms with Crippen molar-refractivity contribution in [2.75, 3.05) is 50.9 Å². The molecule has 0 aromatic carbocycles. The molecular weight excluding hydrogens is 238 g/mol. The Balaban J connectivity index is 0.00000133. The third-order valence-electron chi connectivity index (χ3n) is 3.81. The van der Waals surface area contributed by atoms with E-state index >= 15 is 0 Å². The van der Waals surface area contributed by atoms with Crippen LogP contribution in [0.3, 0.4) is 0 Å². The minimum absolute atomic E-state index is 0. The van der Waals surface area contributed by atoms with E-state index in [1.165, 1.54) is 0 Å². The predicted molar refractivity (Wildman–Crippen MR) is 80.1 cm³/mol. The number of nitrogens with two attached hydrogens (primary N) is 1. The van der Waals surface area contributed by atoms with E-state index in [1.807, 2.05) is 28.9 Å². The molecule has 5 heteroatoms. The van der Waals surface area contributed by atoms with Gasteiger partial charge in [0.1, 0.15) is 5.69 Å². The van der Waals surface area contributed by atoms with Gasteiger partial charge in [-0.2, -0.15) is 0 Å². The third kappa shape index (κ3) is 2.38. The molecule has 0 atom stereocenters. The lowest BCUT2D eigenvalue weighted by Gasteiger charge is -2.39. The van der Waals surface area contributed by atoms with Gasteiger partial charge in [-0.3, -0.25) is 0 Å². The monoisotopic (exact) mass is 261 g/mol.